The molecule has 1 aromatic heterocycles. The van der Waals surface area contributed by atoms with E-state index in [1.807, 2.05) is 19.0 Å². The van der Waals surface area contributed by atoms with Crippen LogP contribution >= 0.6 is 11.3 Å². The van der Waals surface area contributed by atoms with Gasteiger partial charge in [0.25, 0.3) is 5.91 Å². The summed E-state index contributed by atoms with van der Waals surface area (Å²) in [7, 11) is 3.77. The molecule has 0 aliphatic carbocycles. The van der Waals surface area contributed by atoms with Crippen LogP contribution in [-0.4, -0.2) is 43.0 Å². The first-order chi connectivity index (χ1) is 12.9. The van der Waals surface area contributed by atoms with Gasteiger partial charge in [-0.25, -0.2) is 18.2 Å². The first-order valence-corrected chi connectivity index (χ1v) is 9.16. The van der Waals surface area contributed by atoms with Crippen LogP contribution in [0.4, 0.5) is 18.3 Å². The highest BCUT2D eigenvalue weighted by Crippen LogP contribution is 2.31. The lowest BCUT2D eigenvalue weighted by Crippen LogP contribution is -2.34. The Bertz CT molecular complexity index is 954. The van der Waals surface area contributed by atoms with Crippen molar-refractivity contribution in [3.63, 3.8) is 0 Å². The molecule has 0 saturated heterocycles. The molecular weight excluding hydrogens is 375 g/mol. The molecule has 0 aliphatic rings. The molecule has 0 unspecified atom stereocenters. The average molecular weight is 393 g/mol. The second kappa shape index (κ2) is 8.06. The Kier molecular flexibility index (Phi) is 5.76. The van der Waals surface area contributed by atoms with Crippen molar-refractivity contribution in [3.8, 4) is 0 Å². The minimum Gasteiger partial charge on any atom is -0.309 e. The van der Waals surface area contributed by atoms with Gasteiger partial charge in [0.1, 0.15) is 28.5 Å². The van der Waals surface area contributed by atoms with Crippen molar-refractivity contribution in [2.45, 2.75) is 6.42 Å². The number of halogens is 3. The fourth-order valence-corrected chi connectivity index (χ4v) is 3.69. The number of aromatic nitrogens is 1. The fourth-order valence-electron chi connectivity index (χ4n) is 2.68. The highest BCUT2D eigenvalue weighted by Gasteiger charge is 2.26. The van der Waals surface area contributed by atoms with E-state index in [4.69, 9.17) is 0 Å². The van der Waals surface area contributed by atoms with Crippen LogP contribution in [0.25, 0.3) is 10.2 Å². The largest absolute Gasteiger partial charge is 0.309 e. The standard InChI is InChI=1S/C19H18F3N3OS/c1-24(2)10-5-11-25(18(26)16-12(20)6-3-7-13(16)21)19-23-17-14(22)8-4-9-15(17)27-19/h3-4,6-9H,5,10-11H2,1-2H3. The van der Waals surface area contributed by atoms with E-state index < -0.39 is 28.9 Å². The number of hydrogen-bond donors (Lipinski definition) is 0. The van der Waals surface area contributed by atoms with Crippen molar-refractivity contribution in [3.05, 3.63) is 59.4 Å². The number of carbonyl (C=O) groups excluding carboxylic acids is 1. The zero-order valence-electron chi connectivity index (χ0n) is 14.9. The molecular formula is C19H18F3N3OS. The predicted molar refractivity (Wildman–Crippen MR) is 101 cm³/mol. The van der Waals surface area contributed by atoms with E-state index in [9.17, 15) is 18.0 Å². The van der Waals surface area contributed by atoms with Gasteiger partial charge in [-0.3, -0.25) is 9.69 Å². The Balaban J connectivity index is 2.02. The second-order valence-electron chi connectivity index (χ2n) is 6.29. The number of hydrogen-bond acceptors (Lipinski definition) is 4. The van der Waals surface area contributed by atoms with Crippen molar-refractivity contribution in [1.29, 1.82) is 0 Å². The summed E-state index contributed by atoms with van der Waals surface area (Å²) in [5, 5.41) is 0.210. The lowest BCUT2D eigenvalue weighted by Gasteiger charge is -2.21. The molecule has 27 heavy (non-hydrogen) atoms. The maximum atomic E-state index is 14.1. The molecule has 1 amide bonds. The Morgan fingerprint density at radius 3 is 2.26 bits per heavy atom. The maximum Gasteiger partial charge on any atom is 0.266 e. The molecule has 4 nitrogen and oxygen atoms in total. The molecule has 0 atom stereocenters. The molecule has 0 fully saturated rings. The average Bonchev–Trinajstić information content (AvgIpc) is 3.03. The van der Waals surface area contributed by atoms with Crippen LogP contribution in [0.5, 0.6) is 0 Å². The molecule has 0 saturated carbocycles. The molecule has 3 aromatic rings. The number of benzene rings is 2. The van der Waals surface area contributed by atoms with Gasteiger partial charge in [0.2, 0.25) is 0 Å². The van der Waals surface area contributed by atoms with Crippen molar-refractivity contribution in [1.82, 2.24) is 9.88 Å². The van der Waals surface area contributed by atoms with Crippen molar-refractivity contribution < 1.29 is 18.0 Å². The van der Waals surface area contributed by atoms with E-state index in [1.54, 1.807) is 12.1 Å². The summed E-state index contributed by atoms with van der Waals surface area (Å²) in [5.41, 5.74) is -0.501. The van der Waals surface area contributed by atoms with Crippen LogP contribution in [0, 0.1) is 17.5 Å². The molecule has 0 N–H and O–H groups in total. The monoisotopic (exact) mass is 393 g/mol. The SMILES string of the molecule is CN(C)CCCN(C(=O)c1c(F)cccc1F)c1nc2c(F)cccc2s1. The van der Waals surface area contributed by atoms with Crippen LogP contribution in [-0.2, 0) is 0 Å². The number of thiazole rings is 1. The van der Waals surface area contributed by atoms with Crippen LogP contribution in [0.2, 0.25) is 0 Å². The number of para-hydroxylation sites is 1. The van der Waals surface area contributed by atoms with Crippen molar-refractivity contribution >= 4 is 32.6 Å². The smallest absolute Gasteiger partial charge is 0.266 e. The van der Waals surface area contributed by atoms with E-state index in [-0.39, 0.29) is 17.2 Å². The zero-order valence-corrected chi connectivity index (χ0v) is 15.7. The number of fused-ring (bicyclic) bond motifs is 1. The lowest BCUT2D eigenvalue weighted by atomic mass is 10.1. The quantitative estimate of drug-likeness (QED) is 0.626. The van der Waals surface area contributed by atoms with Crippen molar-refractivity contribution in [2.24, 2.45) is 0 Å². The van der Waals surface area contributed by atoms with Crippen LogP contribution in [0.3, 0.4) is 0 Å². The van der Waals surface area contributed by atoms with Gasteiger partial charge in [0, 0.05) is 6.54 Å². The number of amides is 1. The van der Waals surface area contributed by atoms with Gasteiger partial charge in [-0.1, -0.05) is 23.5 Å². The summed E-state index contributed by atoms with van der Waals surface area (Å²) < 4.78 is 42.8. The van der Waals surface area contributed by atoms with Gasteiger partial charge in [0.05, 0.1) is 4.70 Å². The number of nitrogens with zero attached hydrogens (tertiary/aromatic N) is 3. The van der Waals surface area contributed by atoms with Gasteiger partial charge in [-0.05, 0) is 51.3 Å². The molecule has 142 valence electrons. The molecule has 0 bridgehead atoms. The summed E-state index contributed by atoms with van der Waals surface area (Å²) in [6, 6.07) is 7.78. The normalized spacial score (nSPS) is 11.3. The minimum absolute atomic E-state index is 0.136. The Morgan fingerprint density at radius 2 is 1.63 bits per heavy atom. The molecule has 3 rings (SSSR count). The van der Waals surface area contributed by atoms with Gasteiger partial charge in [-0.15, -0.1) is 0 Å². The van der Waals surface area contributed by atoms with Crippen molar-refractivity contribution in [2.75, 3.05) is 32.1 Å². The van der Waals surface area contributed by atoms with Crippen LogP contribution < -0.4 is 4.90 Å². The third-order valence-corrected chi connectivity index (χ3v) is 5.04. The number of carbonyl (C=O) groups is 1. The summed E-state index contributed by atoms with van der Waals surface area (Å²) >= 11 is 1.11. The highest BCUT2D eigenvalue weighted by molar-refractivity contribution is 7.22. The van der Waals surface area contributed by atoms with E-state index in [0.29, 0.717) is 17.7 Å². The van der Waals surface area contributed by atoms with E-state index in [1.165, 1.54) is 17.0 Å². The first kappa shape index (κ1) is 19.3. The van der Waals surface area contributed by atoms with Gasteiger partial charge < -0.3 is 4.90 Å². The summed E-state index contributed by atoms with van der Waals surface area (Å²) in [5.74, 6) is -3.22. The van der Waals surface area contributed by atoms with Gasteiger partial charge in [-0.2, -0.15) is 0 Å². The van der Waals surface area contributed by atoms with Gasteiger partial charge in [0.15, 0.2) is 5.13 Å². The van der Waals surface area contributed by atoms with E-state index >= 15 is 0 Å². The molecule has 2 aromatic carbocycles. The van der Waals surface area contributed by atoms with Crippen LogP contribution in [0.15, 0.2) is 36.4 Å². The summed E-state index contributed by atoms with van der Waals surface area (Å²) in [4.78, 5) is 20.3. The molecule has 1 heterocycles. The molecule has 0 aliphatic heterocycles. The van der Waals surface area contributed by atoms with Gasteiger partial charge >= 0.3 is 0 Å². The fraction of sp³-hybridized carbons (Fsp3) is 0.263. The Labute approximate surface area is 158 Å². The van der Waals surface area contributed by atoms with E-state index in [2.05, 4.69) is 4.98 Å². The van der Waals surface area contributed by atoms with Crippen LogP contribution in [0.1, 0.15) is 16.8 Å². The Morgan fingerprint density at radius 1 is 1.00 bits per heavy atom. The third-order valence-electron chi connectivity index (χ3n) is 4.00. The zero-order chi connectivity index (χ0) is 19.6. The number of rotatable bonds is 6. The predicted octanol–water partition coefficient (Wildman–Crippen LogP) is 4.31. The third kappa shape index (κ3) is 4.12. The molecule has 0 spiro atoms. The summed E-state index contributed by atoms with van der Waals surface area (Å²) in [6.07, 6.45) is 0.563. The van der Waals surface area contributed by atoms with E-state index in [0.717, 1.165) is 23.5 Å². The number of anilines is 1. The maximum absolute atomic E-state index is 14.1. The second-order valence-corrected chi connectivity index (χ2v) is 7.30. The lowest BCUT2D eigenvalue weighted by molar-refractivity contribution is 0.0978. The minimum atomic E-state index is -0.940. The first-order valence-electron chi connectivity index (χ1n) is 8.34. The molecule has 8 heteroatoms. The summed E-state index contributed by atoms with van der Waals surface area (Å²) in [6.45, 7) is 0.870. The molecule has 0 radical (unpaired) electrons. The topological polar surface area (TPSA) is 36.4 Å². The Hall–Kier alpha value is -2.45. The highest BCUT2D eigenvalue weighted by atomic mass is 32.1.